The number of aryl methyl sites for hydroxylation is 1. The van der Waals surface area contributed by atoms with E-state index in [9.17, 15) is 0 Å². The van der Waals surface area contributed by atoms with E-state index in [1.807, 2.05) is 6.07 Å². The minimum atomic E-state index is 0.0216. The summed E-state index contributed by atoms with van der Waals surface area (Å²) in [6.07, 6.45) is 1.82. The van der Waals surface area contributed by atoms with Crippen LogP contribution < -0.4 is 0 Å². The van der Waals surface area contributed by atoms with Gasteiger partial charge in [0.25, 0.3) is 0 Å². The zero-order valence-corrected chi connectivity index (χ0v) is 36.4. The van der Waals surface area contributed by atoms with Crippen molar-refractivity contribution >= 4 is 65.3 Å². The summed E-state index contributed by atoms with van der Waals surface area (Å²) in [6, 6.07) is 76.1. The van der Waals surface area contributed by atoms with Crippen molar-refractivity contribution in [3.05, 3.63) is 229 Å². The highest BCUT2D eigenvalue weighted by Crippen LogP contribution is 2.47. The molecule has 13 aromatic rings. The molecule has 5 nitrogen and oxygen atoms in total. The molecule has 1 aliphatic carbocycles. The van der Waals surface area contributed by atoms with Crippen molar-refractivity contribution < 1.29 is 4.42 Å². The molecule has 14 rings (SSSR count). The first-order valence-electron chi connectivity index (χ1n) is 23.1. The topological polar surface area (TPSA) is 56.7 Å². The fraction of sp³-hybridized carbons (Fsp3) is 0.0484. The van der Waals surface area contributed by atoms with Crippen LogP contribution in [0, 0.1) is 0 Å². The van der Waals surface area contributed by atoms with Crippen LogP contribution in [0.3, 0.4) is 0 Å². The number of hydrogen-bond donors (Lipinski definition) is 0. The van der Waals surface area contributed by atoms with Gasteiger partial charge in [0, 0.05) is 49.8 Å². The van der Waals surface area contributed by atoms with Gasteiger partial charge in [0.1, 0.15) is 11.2 Å². The van der Waals surface area contributed by atoms with E-state index >= 15 is 0 Å². The maximum atomic E-state index is 6.71. The molecule has 3 aromatic heterocycles. The smallest absolute Gasteiger partial charge is 0.164 e. The Morgan fingerprint density at radius 3 is 1.87 bits per heavy atom. The van der Waals surface area contributed by atoms with Gasteiger partial charge >= 0.3 is 0 Å². The number of benzene rings is 10. The molecular formula is C62H40N4O. The summed E-state index contributed by atoms with van der Waals surface area (Å²) >= 11 is 0. The third-order valence-electron chi connectivity index (χ3n) is 14.1. The average molecular weight is 857 g/mol. The summed E-state index contributed by atoms with van der Waals surface area (Å²) in [4.78, 5) is 16.6. The van der Waals surface area contributed by atoms with Gasteiger partial charge in [-0.25, -0.2) is 15.0 Å². The van der Waals surface area contributed by atoms with E-state index < -0.39 is 0 Å². The Morgan fingerprint density at radius 1 is 0.388 bits per heavy atom. The third kappa shape index (κ3) is 5.98. The van der Waals surface area contributed by atoms with Crippen molar-refractivity contribution in [2.24, 2.45) is 0 Å². The van der Waals surface area contributed by atoms with Crippen LogP contribution in [0.25, 0.3) is 116 Å². The Labute approximate surface area is 386 Å². The molecule has 0 fully saturated rings. The maximum absolute atomic E-state index is 6.71. The predicted molar refractivity (Wildman–Crippen MR) is 275 cm³/mol. The summed E-state index contributed by atoms with van der Waals surface area (Å²) < 4.78 is 9.06. The lowest BCUT2D eigenvalue weighted by atomic mass is 9.82. The SMILES string of the molecule is c1ccc(-n2c3ccccc3c3c(-c4nc(-c5cc6oc7ccccc7c6cc5C5CCc6cc7ccccc7cc6-c6ccccc65)nc(-c5cccc6ccccc56)n4)cccc32)cc1. The normalized spacial score (nSPS) is 13.7. The summed E-state index contributed by atoms with van der Waals surface area (Å²) in [7, 11) is 0. The molecule has 0 saturated heterocycles. The lowest BCUT2D eigenvalue weighted by Gasteiger charge is -2.22. The Bertz CT molecular complexity index is 4120. The van der Waals surface area contributed by atoms with Gasteiger partial charge in [0.15, 0.2) is 17.5 Å². The van der Waals surface area contributed by atoms with Crippen LogP contribution in [0.4, 0.5) is 0 Å². The second kappa shape index (κ2) is 14.9. The molecular weight excluding hydrogens is 817 g/mol. The quantitative estimate of drug-likeness (QED) is 0.173. The molecule has 0 aliphatic heterocycles. The lowest BCUT2D eigenvalue weighted by Crippen LogP contribution is -2.07. The first kappa shape index (κ1) is 37.7. The van der Waals surface area contributed by atoms with Crippen molar-refractivity contribution in [1.82, 2.24) is 19.5 Å². The largest absolute Gasteiger partial charge is 0.456 e. The Hall–Kier alpha value is -8.67. The van der Waals surface area contributed by atoms with E-state index in [1.54, 1.807) is 0 Å². The number of rotatable bonds is 5. The van der Waals surface area contributed by atoms with Gasteiger partial charge in [-0.1, -0.05) is 164 Å². The molecule has 1 unspecified atom stereocenters. The predicted octanol–water partition coefficient (Wildman–Crippen LogP) is 15.9. The fourth-order valence-electron chi connectivity index (χ4n) is 11.1. The molecule has 0 N–H and O–H groups in total. The highest BCUT2D eigenvalue weighted by molar-refractivity contribution is 6.15. The number of nitrogens with zero attached hydrogens (tertiary/aromatic N) is 4. The van der Waals surface area contributed by atoms with Gasteiger partial charge in [-0.15, -0.1) is 0 Å². The number of furan rings is 1. The van der Waals surface area contributed by atoms with E-state index in [-0.39, 0.29) is 5.92 Å². The molecule has 1 aliphatic rings. The van der Waals surface area contributed by atoms with Crippen LogP contribution >= 0.6 is 0 Å². The number of fused-ring (bicyclic) bond motifs is 11. The van der Waals surface area contributed by atoms with Crippen molar-refractivity contribution in [3.63, 3.8) is 0 Å². The van der Waals surface area contributed by atoms with Crippen LogP contribution in [-0.2, 0) is 6.42 Å². The van der Waals surface area contributed by atoms with Gasteiger partial charge in [0.2, 0.25) is 0 Å². The average Bonchev–Trinajstić information content (AvgIpc) is 3.88. The summed E-state index contributed by atoms with van der Waals surface area (Å²) in [5.41, 5.74) is 14.2. The Kier molecular flexibility index (Phi) is 8.40. The van der Waals surface area contributed by atoms with Crippen LogP contribution in [0.2, 0.25) is 0 Å². The molecule has 0 radical (unpaired) electrons. The van der Waals surface area contributed by atoms with Crippen LogP contribution in [0.1, 0.15) is 29.0 Å². The van der Waals surface area contributed by atoms with Gasteiger partial charge in [-0.05, 0) is 111 Å². The lowest BCUT2D eigenvalue weighted by molar-refractivity contribution is 0.668. The summed E-state index contributed by atoms with van der Waals surface area (Å²) in [5, 5.41) is 9.14. The monoisotopic (exact) mass is 856 g/mol. The molecule has 5 heteroatoms. The van der Waals surface area contributed by atoms with Crippen molar-refractivity contribution in [3.8, 4) is 51.0 Å². The van der Waals surface area contributed by atoms with Gasteiger partial charge < -0.3 is 8.98 Å². The molecule has 0 saturated carbocycles. The van der Waals surface area contributed by atoms with Gasteiger partial charge in [0.05, 0.1) is 11.0 Å². The molecule has 3 heterocycles. The molecule has 0 bridgehead atoms. The van der Waals surface area contributed by atoms with E-state index in [0.717, 1.165) is 89.7 Å². The fourth-order valence-corrected chi connectivity index (χ4v) is 11.1. The highest BCUT2D eigenvalue weighted by atomic mass is 16.3. The minimum absolute atomic E-state index is 0.0216. The van der Waals surface area contributed by atoms with Crippen LogP contribution in [-0.4, -0.2) is 19.5 Å². The van der Waals surface area contributed by atoms with E-state index in [4.69, 9.17) is 19.4 Å². The Morgan fingerprint density at radius 2 is 1.00 bits per heavy atom. The molecule has 314 valence electrons. The maximum Gasteiger partial charge on any atom is 0.164 e. The van der Waals surface area contributed by atoms with E-state index in [0.29, 0.717) is 17.5 Å². The first-order valence-corrected chi connectivity index (χ1v) is 23.1. The van der Waals surface area contributed by atoms with Crippen molar-refractivity contribution in [2.45, 2.75) is 18.8 Å². The van der Waals surface area contributed by atoms with E-state index in [1.165, 1.54) is 38.6 Å². The second-order valence-corrected chi connectivity index (χ2v) is 17.8. The van der Waals surface area contributed by atoms with Crippen molar-refractivity contribution in [1.29, 1.82) is 0 Å². The van der Waals surface area contributed by atoms with Crippen LogP contribution in [0.5, 0.6) is 0 Å². The minimum Gasteiger partial charge on any atom is -0.456 e. The van der Waals surface area contributed by atoms with Crippen LogP contribution in [0.15, 0.2) is 217 Å². The first-order chi connectivity index (χ1) is 33.2. The van der Waals surface area contributed by atoms with E-state index in [2.05, 4.69) is 211 Å². The Balaban J connectivity index is 1.06. The molecule has 1 atom stereocenters. The number of hydrogen-bond acceptors (Lipinski definition) is 4. The summed E-state index contributed by atoms with van der Waals surface area (Å²) in [6.45, 7) is 0. The second-order valence-electron chi connectivity index (χ2n) is 17.8. The van der Waals surface area contributed by atoms with Gasteiger partial charge in [-0.2, -0.15) is 0 Å². The molecule has 0 amide bonds. The molecule has 0 spiro atoms. The number of aromatic nitrogens is 4. The number of para-hydroxylation sites is 3. The van der Waals surface area contributed by atoms with Gasteiger partial charge in [-0.3, -0.25) is 0 Å². The van der Waals surface area contributed by atoms with Crippen molar-refractivity contribution in [2.75, 3.05) is 0 Å². The highest BCUT2D eigenvalue weighted by Gasteiger charge is 2.29. The zero-order valence-electron chi connectivity index (χ0n) is 36.4. The third-order valence-corrected chi connectivity index (χ3v) is 14.1. The summed E-state index contributed by atoms with van der Waals surface area (Å²) in [5.74, 6) is 1.87. The standard InChI is InChI=1S/C62H40N4O/c1-2-20-42(21-3-1)66-55-29-12-10-26-49(55)59-50(28-15-30-56(59)66)61-63-60(48-27-14-19-38-16-6-7-22-43(38)48)64-62(65-61)54-37-58-53(47-25-11-13-31-57(47)67-58)36-52(54)46-33-32-41-34-39-17-4-5-18-40(39)35-51(41)45-24-9-8-23-44(45)46/h1-31,34-37,46H,32-33H2. The molecule has 67 heavy (non-hydrogen) atoms. The molecule has 10 aromatic carbocycles. The zero-order chi connectivity index (χ0) is 44.0.